The minimum absolute atomic E-state index is 0.159. The van der Waals surface area contributed by atoms with Gasteiger partial charge in [0.2, 0.25) is 5.75 Å². The first-order chi connectivity index (χ1) is 9.35. The average molecular weight is 283 g/mol. The number of carbonyl (C=O) groups is 2. The third-order valence-electron chi connectivity index (χ3n) is 2.24. The van der Waals surface area contributed by atoms with Crippen LogP contribution in [0.25, 0.3) is 0 Å². The fourth-order valence-corrected chi connectivity index (χ4v) is 1.25. The number of hydrogen-bond acceptors (Lipinski definition) is 7. The first-order valence-corrected chi connectivity index (χ1v) is 5.52. The van der Waals surface area contributed by atoms with Gasteiger partial charge in [-0.3, -0.25) is 10.1 Å². The van der Waals surface area contributed by atoms with Gasteiger partial charge in [-0.25, -0.2) is 4.79 Å². The number of aryl methyl sites for hydroxylation is 1. The Morgan fingerprint density at radius 1 is 1.45 bits per heavy atom. The maximum absolute atomic E-state index is 11.5. The van der Waals surface area contributed by atoms with Crippen molar-refractivity contribution >= 4 is 17.8 Å². The summed E-state index contributed by atoms with van der Waals surface area (Å²) in [6.45, 7) is 2.92. The van der Waals surface area contributed by atoms with Crippen molar-refractivity contribution in [1.29, 1.82) is 0 Å². The molecule has 0 bridgehead atoms. The molecule has 0 aliphatic carbocycles. The van der Waals surface area contributed by atoms with E-state index in [-0.39, 0.29) is 5.75 Å². The number of aromatic nitrogens is 1. The summed E-state index contributed by atoms with van der Waals surface area (Å²) in [5, 5.41) is 12.7. The van der Waals surface area contributed by atoms with E-state index in [1.165, 1.54) is 19.1 Å². The summed E-state index contributed by atoms with van der Waals surface area (Å²) in [6.07, 6.45) is -2.07. The molecule has 1 rings (SSSR count). The molecule has 9 nitrogen and oxygen atoms in total. The number of ether oxygens (including phenoxy) is 2. The van der Waals surface area contributed by atoms with E-state index in [1.807, 2.05) is 5.32 Å². The van der Waals surface area contributed by atoms with Gasteiger partial charge in [0.15, 0.2) is 6.10 Å². The highest BCUT2D eigenvalue weighted by molar-refractivity contribution is 5.94. The SMILES string of the molecule is COC(=O)NC(=O)[C@@H](C)Oc1ccc(C)nc1[N+](=O)[O-]. The van der Waals surface area contributed by atoms with Crippen LogP contribution in [0.1, 0.15) is 12.6 Å². The lowest BCUT2D eigenvalue weighted by molar-refractivity contribution is -0.390. The number of hydrogen-bond donors (Lipinski definition) is 1. The maximum atomic E-state index is 11.5. The van der Waals surface area contributed by atoms with Crippen LogP contribution in [0.2, 0.25) is 0 Å². The molecule has 1 atom stereocenters. The molecule has 1 N–H and O–H groups in total. The van der Waals surface area contributed by atoms with Crippen LogP contribution in [0, 0.1) is 17.0 Å². The molecule has 9 heteroatoms. The predicted octanol–water partition coefficient (Wildman–Crippen LogP) is 0.948. The van der Waals surface area contributed by atoms with E-state index in [9.17, 15) is 19.7 Å². The Kier molecular flexibility index (Phi) is 4.95. The number of carbonyl (C=O) groups excluding carboxylic acids is 2. The Balaban J connectivity index is 2.85. The Morgan fingerprint density at radius 3 is 2.65 bits per heavy atom. The van der Waals surface area contributed by atoms with Crippen LogP contribution in [0.15, 0.2) is 12.1 Å². The summed E-state index contributed by atoms with van der Waals surface area (Å²) in [7, 11) is 1.10. The lowest BCUT2D eigenvalue weighted by Gasteiger charge is -2.13. The number of nitrogens with one attached hydrogen (secondary N) is 1. The highest BCUT2D eigenvalue weighted by Gasteiger charge is 2.23. The van der Waals surface area contributed by atoms with Crippen molar-refractivity contribution in [3.8, 4) is 5.75 Å². The van der Waals surface area contributed by atoms with E-state index in [0.717, 1.165) is 7.11 Å². The summed E-state index contributed by atoms with van der Waals surface area (Å²) in [6, 6.07) is 2.84. The van der Waals surface area contributed by atoms with E-state index in [4.69, 9.17) is 4.74 Å². The standard InChI is InChI=1S/C11H13N3O6/c1-6-4-5-8(9(12-6)14(17)18)20-7(2)10(15)13-11(16)19-3/h4-5,7H,1-3H3,(H,13,15,16)/t7-/m1/s1. The van der Waals surface area contributed by atoms with Crippen molar-refractivity contribution in [3.05, 3.63) is 27.9 Å². The Hall–Kier alpha value is -2.71. The topological polar surface area (TPSA) is 121 Å². The van der Waals surface area contributed by atoms with Gasteiger partial charge in [0.25, 0.3) is 5.91 Å². The average Bonchev–Trinajstić information content (AvgIpc) is 2.40. The highest BCUT2D eigenvalue weighted by Crippen LogP contribution is 2.25. The molecule has 20 heavy (non-hydrogen) atoms. The molecule has 0 aliphatic rings. The van der Waals surface area contributed by atoms with Gasteiger partial charge in [0.05, 0.1) is 7.11 Å². The molecule has 0 aliphatic heterocycles. The van der Waals surface area contributed by atoms with Crippen molar-refractivity contribution in [1.82, 2.24) is 10.3 Å². The molecule has 0 saturated carbocycles. The number of imide groups is 1. The fourth-order valence-electron chi connectivity index (χ4n) is 1.25. The minimum Gasteiger partial charge on any atom is -0.473 e. The number of methoxy groups -OCH3 is 1. The third kappa shape index (κ3) is 3.90. The van der Waals surface area contributed by atoms with Crippen molar-refractivity contribution in [2.75, 3.05) is 7.11 Å². The Labute approximate surface area is 114 Å². The second-order valence-corrected chi connectivity index (χ2v) is 3.77. The first kappa shape index (κ1) is 15.3. The number of nitro groups is 1. The highest BCUT2D eigenvalue weighted by atomic mass is 16.6. The second kappa shape index (κ2) is 6.45. The maximum Gasteiger partial charge on any atom is 0.413 e. The first-order valence-electron chi connectivity index (χ1n) is 5.52. The van der Waals surface area contributed by atoms with Crippen LogP contribution in [-0.4, -0.2) is 35.1 Å². The zero-order valence-electron chi connectivity index (χ0n) is 11.1. The van der Waals surface area contributed by atoms with E-state index in [1.54, 1.807) is 6.92 Å². The predicted molar refractivity (Wildman–Crippen MR) is 66.3 cm³/mol. The van der Waals surface area contributed by atoms with Crippen LogP contribution < -0.4 is 10.1 Å². The quantitative estimate of drug-likeness (QED) is 0.644. The number of rotatable bonds is 4. The zero-order chi connectivity index (χ0) is 15.3. The largest absolute Gasteiger partial charge is 0.473 e. The number of amides is 2. The van der Waals surface area contributed by atoms with Gasteiger partial charge in [0, 0.05) is 6.92 Å². The zero-order valence-corrected chi connectivity index (χ0v) is 11.1. The van der Waals surface area contributed by atoms with Crippen molar-refractivity contribution < 1.29 is 24.0 Å². The molecule has 1 aromatic rings. The van der Waals surface area contributed by atoms with Crippen molar-refractivity contribution in [2.45, 2.75) is 20.0 Å². The van der Waals surface area contributed by atoms with E-state index in [0.29, 0.717) is 5.69 Å². The molecular weight excluding hydrogens is 270 g/mol. The van der Waals surface area contributed by atoms with Crippen LogP contribution >= 0.6 is 0 Å². The van der Waals surface area contributed by atoms with Gasteiger partial charge >= 0.3 is 11.9 Å². The normalized spacial score (nSPS) is 11.3. The number of nitrogens with zero attached hydrogens (tertiary/aromatic N) is 2. The van der Waals surface area contributed by atoms with Gasteiger partial charge < -0.3 is 19.6 Å². The van der Waals surface area contributed by atoms with Gasteiger partial charge in [-0.05, 0) is 29.0 Å². The molecule has 0 radical (unpaired) electrons. The van der Waals surface area contributed by atoms with E-state index in [2.05, 4.69) is 9.72 Å². The summed E-state index contributed by atoms with van der Waals surface area (Å²) >= 11 is 0. The minimum atomic E-state index is -1.13. The number of pyridine rings is 1. The number of alkyl carbamates (subject to hydrolysis) is 1. The van der Waals surface area contributed by atoms with Crippen molar-refractivity contribution in [2.24, 2.45) is 0 Å². The van der Waals surface area contributed by atoms with Gasteiger partial charge in [-0.15, -0.1) is 0 Å². The molecule has 0 fully saturated rings. The molecule has 0 unspecified atom stereocenters. The van der Waals surface area contributed by atoms with E-state index >= 15 is 0 Å². The molecule has 2 amide bonds. The molecule has 1 heterocycles. The fraction of sp³-hybridized carbons (Fsp3) is 0.364. The van der Waals surface area contributed by atoms with Crippen molar-refractivity contribution in [3.63, 3.8) is 0 Å². The molecule has 0 spiro atoms. The van der Waals surface area contributed by atoms with Crippen LogP contribution in [0.4, 0.5) is 10.6 Å². The lowest BCUT2D eigenvalue weighted by atomic mass is 10.3. The van der Waals surface area contributed by atoms with Gasteiger partial charge in [-0.1, -0.05) is 0 Å². The molecule has 0 aromatic carbocycles. The molecule has 1 aromatic heterocycles. The molecule has 0 saturated heterocycles. The van der Waals surface area contributed by atoms with Crippen LogP contribution in [0.5, 0.6) is 5.75 Å². The lowest BCUT2D eigenvalue weighted by Crippen LogP contribution is -2.40. The molecule has 108 valence electrons. The second-order valence-electron chi connectivity index (χ2n) is 3.77. The summed E-state index contributed by atoms with van der Waals surface area (Å²) in [4.78, 5) is 36.2. The van der Waals surface area contributed by atoms with E-state index < -0.39 is 28.8 Å². The third-order valence-corrected chi connectivity index (χ3v) is 2.24. The summed E-state index contributed by atoms with van der Waals surface area (Å²) < 4.78 is 9.40. The van der Waals surface area contributed by atoms with Crippen LogP contribution in [0.3, 0.4) is 0 Å². The van der Waals surface area contributed by atoms with Gasteiger partial charge in [-0.2, -0.15) is 0 Å². The Bertz CT molecular complexity index is 545. The van der Waals surface area contributed by atoms with Gasteiger partial charge in [0.1, 0.15) is 5.69 Å². The summed E-state index contributed by atoms with van der Waals surface area (Å²) in [5.74, 6) is -1.44. The van der Waals surface area contributed by atoms with Crippen LogP contribution in [-0.2, 0) is 9.53 Å². The summed E-state index contributed by atoms with van der Waals surface area (Å²) in [5.41, 5.74) is 0.440. The monoisotopic (exact) mass is 283 g/mol. The Morgan fingerprint density at radius 2 is 2.10 bits per heavy atom. The smallest absolute Gasteiger partial charge is 0.413 e. The molecular formula is C11H13N3O6.